The molecule has 0 radical (unpaired) electrons. The van der Waals surface area contributed by atoms with Gasteiger partial charge in [0.15, 0.2) is 0 Å². The molecule has 7 aromatic rings. The number of benzene rings is 7. The zero-order valence-electron chi connectivity index (χ0n) is 37.4. The lowest BCUT2D eigenvalue weighted by Gasteiger charge is -2.50. The van der Waals surface area contributed by atoms with Crippen LogP contribution < -0.4 is 4.74 Å². The van der Waals surface area contributed by atoms with Crippen LogP contribution in [0, 0.1) is 0 Å². The van der Waals surface area contributed by atoms with E-state index in [9.17, 15) is 5.11 Å². The molecule has 0 bridgehead atoms. The van der Waals surface area contributed by atoms with E-state index in [1.165, 1.54) is 22.3 Å². The van der Waals surface area contributed by atoms with Gasteiger partial charge in [0.1, 0.15) is 36.8 Å². The molecule has 7 heteroatoms. The van der Waals surface area contributed by atoms with Crippen LogP contribution >= 0.6 is 0 Å². The molecule has 1 unspecified atom stereocenters. The highest BCUT2D eigenvalue weighted by Gasteiger charge is 2.58. The van der Waals surface area contributed by atoms with Gasteiger partial charge in [-0.3, -0.25) is 0 Å². The van der Waals surface area contributed by atoms with Crippen LogP contribution in [0.15, 0.2) is 182 Å². The van der Waals surface area contributed by atoms with Crippen molar-refractivity contribution in [3.63, 3.8) is 0 Å². The van der Waals surface area contributed by atoms with Crippen molar-refractivity contribution in [2.45, 2.75) is 101 Å². The molecule has 1 saturated heterocycles. The Kier molecular flexibility index (Phi) is 13.8. The molecule has 10 rings (SSSR count). The Labute approximate surface area is 388 Å². The van der Waals surface area contributed by atoms with Crippen molar-refractivity contribution in [3.8, 4) is 5.75 Å². The van der Waals surface area contributed by atoms with Crippen LogP contribution in [0.3, 0.4) is 0 Å². The molecule has 0 amide bonds. The Morgan fingerprint density at radius 3 is 1.55 bits per heavy atom. The van der Waals surface area contributed by atoms with E-state index >= 15 is 0 Å². The summed E-state index contributed by atoms with van der Waals surface area (Å²) in [6.07, 6.45) is 1.69. The van der Waals surface area contributed by atoms with Crippen molar-refractivity contribution < 1.29 is 33.5 Å². The van der Waals surface area contributed by atoms with Gasteiger partial charge in [0.05, 0.1) is 38.6 Å². The predicted octanol–water partition coefficient (Wildman–Crippen LogP) is 11.3. The Balaban J connectivity index is 1.11. The number of aryl methyl sites for hydroxylation is 2. The summed E-state index contributed by atoms with van der Waals surface area (Å²) < 4.78 is 41.8. The lowest BCUT2D eigenvalue weighted by molar-refractivity contribution is -0.379. The third kappa shape index (κ3) is 10.5. The van der Waals surface area contributed by atoms with Crippen molar-refractivity contribution in [1.82, 2.24) is 0 Å². The molecule has 1 heterocycles. The van der Waals surface area contributed by atoms with Gasteiger partial charge in [-0.1, -0.05) is 170 Å². The first-order chi connectivity index (χ1) is 32.6. The first-order valence-electron chi connectivity index (χ1n) is 23.5. The van der Waals surface area contributed by atoms with Crippen LogP contribution in [0.2, 0.25) is 0 Å². The maximum Gasteiger partial charge on any atom is 0.226 e. The lowest BCUT2D eigenvalue weighted by atomic mass is 9.83. The molecule has 2 fully saturated rings. The van der Waals surface area contributed by atoms with Crippen LogP contribution in [0.5, 0.6) is 5.75 Å². The van der Waals surface area contributed by atoms with Gasteiger partial charge in [0.2, 0.25) is 5.79 Å². The topological polar surface area (TPSA) is 75.6 Å². The highest BCUT2D eigenvalue weighted by atomic mass is 16.7. The van der Waals surface area contributed by atoms with E-state index in [-0.39, 0.29) is 26.4 Å². The summed E-state index contributed by atoms with van der Waals surface area (Å²) in [5.41, 5.74) is 11.9. The lowest BCUT2D eigenvalue weighted by Crippen LogP contribution is -2.65. The minimum absolute atomic E-state index is 0.107. The van der Waals surface area contributed by atoms with Crippen molar-refractivity contribution in [2.24, 2.45) is 0 Å². The quantitative estimate of drug-likeness (QED) is 0.0817. The van der Waals surface area contributed by atoms with Crippen LogP contribution in [0.1, 0.15) is 80.0 Å². The monoisotopic (exact) mass is 878 g/mol. The first kappa shape index (κ1) is 44.0. The fourth-order valence-corrected chi connectivity index (χ4v) is 9.35. The number of rotatable bonds is 20. The van der Waals surface area contributed by atoms with E-state index in [2.05, 4.69) is 42.5 Å². The maximum atomic E-state index is 14.0. The number of hydrogen-bond donors (Lipinski definition) is 1. The Morgan fingerprint density at radius 1 is 0.500 bits per heavy atom. The molecule has 1 saturated carbocycles. The summed E-state index contributed by atoms with van der Waals surface area (Å²) in [5.74, 6) is -1.15. The minimum Gasteiger partial charge on any atom is -0.488 e. The van der Waals surface area contributed by atoms with Crippen molar-refractivity contribution in [3.05, 3.63) is 243 Å². The normalized spacial score (nSPS) is 21.2. The molecule has 3 aliphatic rings. The molecule has 336 valence electrons. The van der Waals surface area contributed by atoms with Gasteiger partial charge in [-0.25, -0.2) is 0 Å². The molecule has 7 aromatic carbocycles. The van der Waals surface area contributed by atoms with Gasteiger partial charge in [0, 0.05) is 0 Å². The second kappa shape index (κ2) is 20.7. The van der Waals surface area contributed by atoms with Crippen molar-refractivity contribution in [1.29, 1.82) is 0 Å². The molecular formula is C59H58O7. The fourth-order valence-electron chi connectivity index (χ4n) is 9.35. The van der Waals surface area contributed by atoms with Crippen LogP contribution in [-0.4, -0.2) is 36.1 Å². The van der Waals surface area contributed by atoms with E-state index in [0.29, 0.717) is 36.9 Å². The third-order valence-corrected chi connectivity index (χ3v) is 13.2. The summed E-state index contributed by atoms with van der Waals surface area (Å²) >= 11 is 0. The average molecular weight is 879 g/mol. The van der Waals surface area contributed by atoms with Crippen LogP contribution in [-0.2, 0) is 81.8 Å². The van der Waals surface area contributed by atoms with Crippen molar-refractivity contribution in [2.75, 3.05) is 6.61 Å². The van der Waals surface area contributed by atoms with Gasteiger partial charge < -0.3 is 33.5 Å². The summed E-state index contributed by atoms with van der Waals surface area (Å²) in [6, 6.07) is 61.6. The molecule has 0 spiro atoms. The highest BCUT2D eigenvalue weighted by molar-refractivity contribution is 5.51. The first-order valence-corrected chi connectivity index (χ1v) is 23.5. The molecule has 2 aliphatic carbocycles. The van der Waals surface area contributed by atoms with Crippen LogP contribution in [0.4, 0.5) is 0 Å². The summed E-state index contributed by atoms with van der Waals surface area (Å²) in [7, 11) is 0. The predicted molar refractivity (Wildman–Crippen MR) is 256 cm³/mol. The second-order valence-corrected chi connectivity index (χ2v) is 18.0. The van der Waals surface area contributed by atoms with Crippen molar-refractivity contribution >= 4 is 0 Å². The van der Waals surface area contributed by atoms with E-state index in [1.807, 2.05) is 140 Å². The largest absolute Gasteiger partial charge is 0.488 e. The van der Waals surface area contributed by atoms with Gasteiger partial charge in [-0.05, 0) is 106 Å². The van der Waals surface area contributed by atoms with Gasteiger partial charge in [0.25, 0.3) is 0 Å². The van der Waals surface area contributed by atoms with E-state index in [0.717, 1.165) is 59.1 Å². The highest BCUT2D eigenvalue weighted by Crippen LogP contribution is 2.49. The standard InChI is InChI=1S/C59H58O7/c60-59(53-34-51(33-47-26-27-48-28-31-50(48)32-47)52(49-29-30-49)35-54(53)62-37-43-18-8-2-9-19-43)58(65-40-46-24-14-5-15-25-46)57(64-39-45-22-12-4-13-23-45)56(63-38-44-20-10-3-11-21-44)55(66-59)41-61-36-42-16-6-1-7-17-42/h1-27,32,34-35,49,55-58,60H,28-31,33,36-41H2/t55-,56-,57+,58-,59?/m1/s1. The third-order valence-electron chi connectivity index (χ3n) is 13.2. The summed E-state index contributed by atoms with van der Waals surface area (Å²) in [5, 5.41) is 14.0. The Hall–Kier alpha value is -5.90. The number of fused-ring (bicyclic) bond motifs is 1. The Morgan fingerprint density at radius 2 is 1.02 bits per heavy atom. The van der Waals surface area contributed by atoms with Gasteiger partial charge in [-0.2, -0.15) is 0 Å². The summed E-state index contributed by atoms with van der Waals surface area (Å²) in [4.78, 5) is 0. The van der Waals surface area contributed by atoms with E-state index in [1.54, 1.807) is 0 Å². The average Bonchev–Trinajstić information content (AvgIpc) is 4.21. The number of aliphatic hydroxyl groups is 1. The Bertz CT molecular complexity index is 2620. The molecule has 1 aliphatic heterocycles. The van der Waals surface area contributed by atoms with Gasteiger partial charge >= 0.3 is 0 Å². The van der Waals surface area contributed by atoms with E-state index < -0.39 is 30.2 Å². The molecular weight excluding hydrogens is 821 g/mol. The molecule has 7 nitrogen and oxygen atoms in total. The molecule has 1 N–H and O–H groups in total. The second-order valence-electron chi connectivity index (χ2n) is 18.0. The molecule has 0 aromatic heterocycles. The smallest absolute Gasteiger partial charge is 0.226 e. The zero-order valence-corrected chi connectivity index (χ0v) is 37.4. The van der Waals surface area contributed by atoms with E-state index in [4.69, 9.17) is 28.4 Å². The summed E-state index contributed by atoms with van der Waals surface area (Å²) in [6.45, 7) is 1.47. The SMILES string of the molecule is OC1(c2cc(Cc3ccc4c(c3)CC4)c(C3CC3)cc2OCc2ccccc2)O[C@H](COCc2ccccc2)[C@@H](OCc2ccccc2)[C@H](OCc2ccccc2)[C@H]1OCc1ccccc1. The number of hydrogen-bond acceptors (Lipinski definition) is 7. The molecule has 66 heavy (non-hydrogen) atoms. The minimum atomic E-state index is -2.10. The fraction of sp³-hybridized carbons (Fsp3) is 0.288. The molecule has 5 atom stereocenters. The maximum absolute atomic E-state index is 14.0. The zero-order chi connectivity index (χ0) is 44.5. The number of ether oxygens (including phenoxy) is 6. The van der Waals surface area contributed by atoms with Gasteiger partial charge in [-0.15, -0.1) is 0 Å². The van der Waals surface area contributed by atoms with Crippen LogP contribution in [0.25, 0.3) is 0 Å².